The largest absolute Gasteiger partial charge is 0.507 e. The lowest BCUT2D eigenvalue weighted by Crippen LogP contribution is -2.29. The highest BCUT2D eigenvalue weighted by molar-refractivity contribution is 8.00. The summed E-state index contributed by atoms with van der Waals surface area (Å²) in [6.07, 6.45) is 0.629. The first-order valence-electron chi connectivity index (χ1n) is 16.0. The van der Waals surface area contributed by atoms with E-state index in [0.717, 1.165) is 22.5 Å². The van der Waals surface area contributed by atoms with Crippen LogP contribution >= 0.6 is 23.1 Å². The Morgan fingerprint density at radius 2 is 1.80 bits per heavy atom. The zero-order chi connectivity index (χ0) is 34.8. The highest BCUT2D eigenvalue weighted by Gasteiger charge is 2.48. The molecule has 5 aromatic rings. The predicted molar refractivity (Wildman–Crippen MR) is 189 cm³/mol. The second kappa shape index (κ2) is 14.3. The van der Waals surface area contributed by atoms with E-state index < -0.39 is 17.7 Å². The summed E-state index contributed by atoms with van der Waals surface area (Å²) in [4.78, 5) is 29.0. The molecule has 1 saturated heterocycles. The molecule has 0 aliphatic carbocycles. The van der Waals surface area contributed by atoms with Crippen LogP contribution in [0.5, 0.6) is 17.2 Å². The number of hydrogen-bond acceptors (Lipinski definition) is 10. The molecule has 0 bridgehead atoms. The van der Waals surface area contributed by atoms with E-state index in [9.17, 15) is 19.1 Å². The number of nitrogens with zero attached hydrogens (tertiary/aromatic N) is 3. The Hall–Kier alpha value is -5.20. The molecule has 4 aromatic carbocycles. The van der Waals surface area contributed by atoms with Gasteiger partial charge in [0, 0.05) is 17.7 Å². The Morgan fingerprint density at radius 3 is 2.60 bits per heavy atom. The second-order valence-corrected chi connectivity index (χ2v) is 13.9. The molecular formula is C38H32FN3O6S2. The van der Waals surface area contributed by atoms with E-state index in [0.29, 0.717) is 63.7 Å². The normalized spacial score (nSPS) is 17.9. The van der Waals surface area contributed by atoms with E-state index in [4.69, 9.17) is 14.2 Å². The van der Waals surface area contributed by atoms with Gasteiger partial charge in [-0.25, -0.2) is 4.39 Å². The van der Waals surface area contributed by atoms with Crippen LogP contribution < -0.4 is 19.1 Å². The molecule has 1 fully saturated rings. The molecule has 0 spiro atoms. The summed E-state index contributed by atoms with van der Waals surface area (Å²) in [6, 6.07) is 25.5. The number of Topliss-reactive ketones (excluding diaryl/α,β-unsaturated/α-hetero) is 1. The van der Waals surface area contributed by atoms with Crippen molar-refractivity contribution in [3.63, 3.8) is 0 Å². The lowest BCUT2D eigenvalue weighted by molar-refractivity contribution is -0.132. The molecule has 2 aliphatic rings. The molecule has 3 heterocycles. The lowest BCUT2D eigenvalue weighted by Gasteiger charge is -2.24. The fourth-order valence-electron chi connectivity index (χ4n) is 6.00. The van der Waals surface area contributed by atoms with Crippen LogP contribution in [-0.2, 0) is 28.4 Å². The molecule has 7 rings (SSSR count). The molecule has 0 saturated carbocycles. The standard InChI is InChI=1S/C38H32FN3O6S2/c1-3-46-31-19-24(13-16-30(31)47-20-23-9-5-4-6-10-23)33-32(34(43)25-14-15-29-27(18-25)17-22(2)48-29)35(44)36(45)42(33)37-40-41-38(50-37)49-21-26-11-7-8-12-28(26)39/h4-16,18-19,22,33,43H,3,17,20-21H2,1-2H3/b34-32+/t22-,33-/m1/s1. The summed E-state index contributed by atoms with van der Waals surface area (Å²) < 4.78 is 32.7. The zero-order valence-corrected chi connectivity index (χ0v) is 28.8. The average molecular weight is 710 g/mol. The van der Waals surface area contributed by atoms with Crippen molar-refractivity contribution in [1.29, 1.82) is 0 Å². The number of anilines is 1. The number of fused-ring (bicyclic) bond motifs is 1. The Labute approximate surface area is 296 Å². The van der Waals surface area contributed by atoms with E-state index >= 15 is 0 Å². The van der Waals surface area contributed by atoms with Crippen molar-refractivity contribution in [3.05, 3.63) is 130 Å². The van der Waals surface area contributed by atoms with Gasteiger partial charge in [-0.2, -0.15) is 0 Å². The maximum Gasteiger partial charge on any atom is 0.301 e. The van der Waals surface area contributed by atoms with Crippen LogP contribution in [0.4, 0.5) is 9.52 Å². The first-order valence-corrected chi connectivity index (χ1v) is 17.8. The van der Waals surface area contributed by atoms with E-state index in [1.165, 1.54) is 22.7 Å². The molecule has 1 amide bonds. The molecule has 2 aliphatic heterocycles. The third-order valence-corrected chi connectivity index (χ3v) is 10.4. The number of hydrogen-bond donors (Lipinski definition) is 1. The Kier molecular flexibility index (Phi) is 9.55. The van der Waals surface area contributed by atoms with Crippen LogP contribution in [0.1, 0.15) is 47.7 Å². The fraction of sp³-hybridized carbons (Fsp3) is 0.211. The monoisotopic (exact) mass is 709 g/mol. The molecule has 0 radical (unpaired) electrons. The van der Waals surface area contributed by atoms with Crippen LogP contribution in [0.3, 0.4) is 0 Å². The lowest BCUT2D eigenvalue weighted by atomic mass is 9.94. The highest BCUT2D eigenvalue weighted by Crippen LogP contribution is 2.46. The van der Waals surface area contributed by atoms with Crippen LogP contribution in [0.2, 0.25) is 0 Å². The molecule has 50 heavy (non-hydrogen) atoms. The number of amides is 1. The van der Waals surface area contributed by atoms with Gasteiger partial charge in [-0.15, -0.1) is 10.2 Å². The van der Waals surface area contributed by atoms with Gasteiger partial charge in [-0.3, -0.25) is 14.5 Å². The summed E-state index contributed by atoms with van der Waals surface area (Å²) in [5.74, 6) is -0.474. The number of ketones is 1. The SMILES string of the molecule is CCOc1cc([C@@H]2/C(=C(\O)c3ccc4c(c3)C[C@@H](C)O4)C(=O)C(=O)N2c2nnc(SCc3ccccc3F)s2)ccc1OCc1ccccc1. The summed E-state index contributed by atoms with van der Waals surface area (Å²) in [5.41, 5.74) is 3.15. The maximum atomic E-state index is 14.3. The number of ether oxygens (including phenoxy) is 3. The number of benzene rings is 4. The average Bonchev–Trinajstić information content (AvgIpc) is 3.82. The predicted octanol–water partition coefficient (Wildman–Crippen LogP) is 7.90. The van der Waals surface area contributed by atoms with Gasteiger partial charge < -0.3 is 19.3 Å². The molecule has 12 heteroatoms. The number of carbonyl (C=O) groups is 2. The van der Waals surface area contributed by atoms with Crippen molar-refractivity contribution in [2.24, 2.45) is 0 Å². The third-order valence-electron chi connectivity index (χ3n) is 8.35. The molecular weight excluding hydrogens is 678 g/mol. The van der Waals surface area contributed by atoms with Gasteiger partial charge >= 0.3 is 5.91 Å². The number of rotatable bonds is 11. The maximum absolute atomic E-state index is 14.3. The first-order chi connectivity index (χ1) is 24.3. The minimum atomic E-state index is -1.07. The quantitative estimate of drug-likeness (QED) is 0.0481. The summed E-state index contributed by atoms with van der Waals surface area (Å²) in [6.45, 7) is 4.44. The van der Waals surface area contributed by atoms with Crippen LogP contribution in [0.15, 0.2) is 101 Å². The summed E-state index contributed by atoms with van der Waals surface area (Å²) in [5, 5.41) is 20.5. The van der Waals surface area contributed by atoms with Crippen LogP contribution in [0.25, 0.3) is 5.76 Å². The van der Waals surface area contributed by atoms with Crippen molar-refractivity contribution in [3.8, 4) is 17.2 Å². The van der Waals surface area contributed by atoms with Gasteiger partial charge in [-0.1, -0.05) is 77.7 Å². The molecule has 1 N–H and O–H groups in total. The topological polar surface area (TPSA) is 111 Å². The number of aliphatic hydroxyl groups excluding tert-OH is 1. The van der Waals surface area contributed by atoms with Gasteiger partial charge in [0.1, 0.15) is 30.0 Å². The van der Waals surface area contributed by atoms with E-state index in [2.05, 4.69) is 10.2 Å². The summed E-state index contributed by atoms with van der Waals surface area (Å²) in [7, 11) is 0. The number of aromatic nitrogens is 2. The summed E-state index contributed by atoms with van der Waals surface area (Å²) >= 11 is 2.37. The Morgan fingerprint density at radius 1 is 1.00 bits per heavy atom. The smallest absolute Gasteiger partial charge is 0.301 e. The molecule has 0 unspecified atom stereocenters. The minimum absolute atomic E-state index is 0.0181. The number of carbonyl (C=O) groups excluding carboxylic acids is 2. The number of thioether (sulfide) groups is 1. The van der Waals surface area contributed by atoms with Gasteiger partial charge in [0.05, 0.1) is 18.2 Å². The number of aliphatic hydroxyl groups is 1. The number of halogens is 1. The second-order valence-electron chi connectivity index (χ2n) is 11.8. The van der Waals surface area contributed by atoms with Gasteiger partial charge in [0.25, 0.3) is 5.78 Å². The minimum Gasteiger partial charge on any atom is -0.507 e. The molecule has 254 valence electrons. The Balaban J connectivity index is 1.28. The first kappa shape index (κ1) is 33.3. The fourth-order valence-corrected chi connectivity index (χ4v) is 7.85. The van der Waals surface area contributed by atoms with Gasteiger partial charge in [-0.05, 0) is 72.5 Å². The van der Waals surface area contributed by atoms with Crippen molar-refractivity contribution in [2.45, 2.75) is 49.1 Å². The highest BCUT2D eigenvalue weighted by atomic mass is 32.2. The van der Waals surface area contributed by atoms with Gasteiger partial charge in [0.2, 0.25) is 5.13 Å². The van der Waals surface area contributed by atoms with Gasteiger partial charge in [0.15, 0.2) is 15.8 Å². The van der Waals surface area contributed by atoms with E-state index in [1.807, 2.05) is 44.2 Å². The molecule has 1 aromatic heterocycles. The van der Waals surface area contributed by atoms with E-state index in [1.54, 1.807) is 54.6 Å². The zero-order valence-electron chi connectivity index (χ0n) is 27.2. The van der Waals surface area contributed by atoms with E-state index in [-0.39, 0.29) is 28.4 Å². The van der Waals surface area contributed by atoms with Crippen LogP contribution in [-0.4, -0.2) is 39.7 Å². The Bertz CT molecular complexity index is 2100. The van der Waals surface area contributed by atoms with Crippen molar-refractivity contribution >= 4 is 45.7 Å². The molecule has 9 nitrogen and oxygen atoms in total. The van der Waals surface area contributed by atoms with Crippen LogP contribution in [0, 0.1) is 5.82 Å². The van der Waals surface area contributed by atoms with Crippen molar-refractivity contribution < 1.29 is 33.3 Å². The van der Waals surface area contributed by atoms with Crippen molar-refractivity contribution in [2.75, 3.05) is 11.5 Å². The molecule has 2 atom stereocenters. The third kappa shape index (κ3) is 6.68. The van der Waals surface area contributed by atoms with Crippen molar-refractivity contribution in [1.82, 2.24) is 10.2 Å².